The van der Waals surface area contributed by atoms with Gasteiger partial charge in [-0.05, 0) is 0 Å². The van der Waals surface area contributed by atoms with Crippen molar-refractivity contribution >= 4 is 5.91 Å². The standard InChI is InChI=1S/C5H7F2NO/c1-2-3-8-5(9)4(6)7/h2,4H,1,3H2,(H,8,9). The van der Waals surface area contributed by atoms with Gasteiger partial charge in [0.2, 0.25) is 0 Å². The lowest BCUT2D eigenvalue weighted by Gasteiger charge is -1.97. The maximum absolute atomic E-state index is 11.3. The molecule has 0 aromatic carbocycles. The molecule has 0 heterocycles. The van der Waals surface area contributed by atoms with Crippen molar-refractivity contribution < 1.29 is 13.6 Å². The van der Waals surface area contributed by atoms with Gasteiger partial charge in [-0.2, -0.15) is 8.78 Å². The van der Waals surface area contributed by atoms with E-state index in [1.165, 1.54) is 6.08 Å². The van der Waals surface area contributed by atoms with Gasteiger partial charge < -0.3 is 5.32 Å². The van der Waals surface area contributed by atoms with E-state index < -0.39 is 12.3 Å². The van der Waals surface area contributed by atoms with E-state index in [0.29, 0.717) is 0 Å². The summed E-state index contributed by atoms with van der Waals surface area (Å²) in [5.74, 6) is -1.25. The minimum Gasteiger partial charge on any atom is -0.348 e. The van der Waals surface area contributed by atoms with Gasteiger partial charge in [0.05, 0.1) is 0 Å². The minimum absolute atomic E-state index is 0.0865. The number of amides is 1. The average molecular weight is 135 g/mol. The van der Waals surface area contributed by atoms with Gasteiger partial charge >= 0.3 is 6.43 Å². The summed E-state index contributed by atoms with van der Waals surface area (Å²) < 4.78 is 22.6. The highest BCUT2D eigenvalue weighted by molar-refractivity contribution is 5.79. The molecule has 0 aliphatic carbocycles. The zero-order valence-corrected chi connectivity index (χ0v) is 4.73. The van der Waals surface area contributed by atoms with Gasteiger partial charge in [0, 0.05) is 6.54 Å². The summed E-state index contributed by atoms with van der Waals surface area (Å²) in [4.78, 5) is 9.99. The van der Waals surface area contributed by atoms with E-state index in [-0.39, 0.29) is 6.54 Å². The summed E-state index contributed by atoms with van der Waals surface area (Å²) in [5, 5.41) is 1.92. The molecule has 9 heavy (non-hydrogen) atoms. The lowest BCUT2D eigenvalue weighted by Crippen LogP contribution is -2.29. The first-order valence-electron chi connectivity index (χ1n) is 2.35. The number of hydrogen-bond acceptors (Lipinski definition) is 1. The zero-order chi connectivity index (χ0) is 7.28. The molecule has 0 aromatic heterocycles. The Bertz CT molecular complexity index is 114. The Morgan fingerprint density at radius 1 is 1.78 bits per heavy atom. The van der Waals surface area contributed by atoms with Crippen LogP contribution < -0.4 is 5.32 Å². The van der Waals surface area contributed by atoms with Crippen LogP contribution in [-0.4, -0.2) is 18.9 Å². The number of carbonyl (C=O) groups excluding carboxylic acids is 1. The zero-order valence-electron chi connectivity index (χ0n) is 4.73. The van der Waals surface area contributed by atoms with Gasteiger partial charge in [0.25, 0.3) is 5.91 Å². The molecule has 0 bridgehead atoms. The van der Waals surface area contributed by atoms with E-state index in [1.54, 1.807) is 0 Å². The number of carbonyl (C=O) groups is 1. The monoisotopic (exact) mass is 135 g/mol. The van der Waals surface area contributed by atoms with E-state index in [1.807, 2.05) is 5.32 Å². The SMILES string of the molecule is C=CCNC(=O)C(F)F. The third-order valence-electron chi connectivity index (χ3n) is 0.619. The highest BCUT2D eigenvalue weighted by atomic mass is 19.3. The Morgan fingerprint density at radius 2 is 2.33 bits per heavy atom. The number of nitrogens with one attached hydrogen (secondary N) is 1. The topological polar surface area (TPSA) is 29.1 Å². The third-order valence-corrected chi connectivity index (χ3v) is 0.619. The molecule has 4 heteroatoms. The Hall–Kier alpha value is -0.930. The minimum atomic E-state index is -2.93. The molecule has 0 fully saturated rings. The lowest BCUT2D eigenvalue weighted by atomic mass is 10.5. The molecule has 1 amide bonds. The van der Waals surface area contributed by atoms with Crippen LogP contribution in [0.5, 0.6) is 0 Å². The van der Waals surface area contributed by atoms with Crippen LogP contribution in [0.15, 0.2) is 12.7 Å². The van der Waals surface area contributed by atoms with Crippen molar-refractivity contribution in [3.63, 3.8) is 0 Å². The molecule has 0 radical (unpaired) electrons. The van der Waals surface area contributed by atoms with Gasteiger partial charge in [-0.15, -0.1) is 6.58 Å². The summed E-state index contributed by atoms with van der Waals surface area (Å²) >= 11 is 0. The van der Waals surface area contributed by atoms with Crippen molar-refractivity contribution in [3.05, 3.63) is 12.7 Å². The number of alkyl halides is 2. The van der Waals surface area contributed by atoms with Gasteiger partial charge in [-0.3, -0.25) is 4.79 Å². The van der Waals surface area contributed by atoms with Crippen LogP contribution in [0.2, 0.25) is 0 Å². The fourth-order valence-electron chi connectivity index (χ4n) is 0.250. The van der Waals surface area contributed by atoms with Crippen LogP contribution in [0.4, 0.5) is 8.78 Å². The molecule has 0 spiro atoms. The second-order valence-corrected chi connectivity index (χ2v) is 1.33. The summed E-state index contributed by atoms with van der Waals surface area (Å²) in [6.07, 6.45) is -1.59. The van der Waals surface area contributed by atoms with Crippen molar-refractivity contribution in [2.24, 2.45) is 0 Å². The van der Waals surface area contributed by atoms with E-state index in [2.05, 4.69) is 6.58 Å². The first-order valence-corrected chi connectivity index (χ1v) is 2.35. The van der Waals surface area contributed by atoms with E-state index in [4.69, 9.17) is 0 Å². The van der Waals surface area contributed by atoms with Crippen LogP contribution in [0.3, 0.4) is 0 Å². The fraction of sp³-hybridized carbons (Fsp3) is 0.400. The molecule has 0 aliphatic rings. The maximum Gasteiger partial charge on any atom is 0.315 e. The average Bonchev–Trinajstić information content (AvgIpc) is 1.82. The van der Waals surface area contributed by atoms with Crippen LogP contribution in [0, 0.1) is 0 Å². The molecular weight excluding hydrogens is 128 g/mol. The van der Waals surface area contributed by atoms with Crippen LogP contribution >= 0.6 is 0 Å². The molecule has 0 rings (SSSR count). The third kappa shape index (κ3) is 3.64. The second kappa shape index (κ2) is 4.00. The molecule has 52 valence electrons. The van der Waals surface area contributed by atoms with E-state index >= 15 is 0 Å². The Labute approximate surface area is 51.6 Å². The van der Waals surface area contributed by atoms with E-state index in [0.717, 1.165) is 0 Å². The predicted molar refractivity (Wildman–Crippen MR) is 29.2 cm³/mol. The van der Waals surface area contributed by atoms with Gasteiger partial charge in [0.15, 0.2) is 0 Å². The lowest BCUT2D eigenvalue weighted by molar-refractivity contribution is -0.131. The molecule has 1 N–H and O–H groups in total. The largest absolute Gasteiger partial charge is 0.348 e. The molecular formula is C5H7F2NO. The molecule has 0 atom stereocenters. The highest BCUT2D eigenvalue weighted by Crippen LogP contribution is 1.89. The Kier molecular flexibility index (Phi) is 3.59. The van der Waals surface area contributed by atoms with Crippen molar-refractivity contribution in [1.82, 2.24) is 5.32 Å². The van der Waals surface area contributed by atoms with Crippen LogP contribution in [0.1, 0.15) is 0 Å². The smallest absolute Gasteiger partial charge is 0.315 e. The first kappa shape index (κ1) is 8.07. The van der Waals surface area contributed by atoms with Crippen LogP contribution in [-0.2, 0) is 4.79 Å². The van der Waals surface area contributed by atoms with Gasteiger partial charge in [0.1, 0.15) is 0 Å². The summed E-state index contributed by atoms with van der Waals surface area (Å²) in [5.41, 5.74) is 0. The number of halogens is 2. The number of rotatable bonds is 3. The quantitative estimate of drug-likeness (QED) is 0.562. The molecule has 0 unspecified atom stereocenters. The fourth-order valence-corrected chi connectivity index (χ4v) is 0.250. The van der Waals surface area contributed by atoms with Crippen molar-refractivity contribution in [3.8, 4) is 0 Å². The first-order chi connectivity index (χ1) is 4.18. The highest BCUT2D eigenvalue weighted by Gasteiger charge is 2.12. The molecule has 2 nitrogen and oxygen atoms in total. The van der Waals surface area contributed by atoms with Crippen LogP contribution in [0.25, 0.3) is 0 Å². The molecule has 0 aliphatic heterocycles. The maximum atomic E-state index is 11.3. The van der Waals surface area contributed by atoms with Gasteiger partial charge in [-0.1, -0.05) is 6.08 Å². The summed E-state index contributed by atoms with van der Waals surface area (Å²) in [6, 6.07) is 0. The summed E-state index contributed by atoms with van der Waals surface area (Å²) in [6.45, 7) is 3.32. The van der Waals surface area contributed by atoms with Gasteiger partial charge in [-0.25, -0.2) is 0 Å². The van der Waals surface area contributed by atoms with Crippen molar-refractivity contribution in [2.75, 3.05) is 6.54 Å². The molecule has 0 aromatic rings. The summed E-state index contributed by atoms with van der Waals surface area (Å²) in [7, 11) is 0. The van der Waals surface area contributed by atoms with Crippen molar-refractivity contribution in [1.29, 1.82) is 0 Å². The Morgan fingerprint density at radius 3 is 2.67 bits per heavy atom. The second-order valence-electron chi connectivity index (χ2n) is 1.33. The van der Waals surface area contributed by atoms with Crippen molar-refractivity contribution in [2.45, 2.75) is 6.43 Å². The normalized spacial score (nSPS) is 9.22. The number of hydrogen-bond donors (Lipinski definition) is 1. The van der Waals surface area contributed by atoms with E-state index in [9.17, 15) is 13.6 Å². The molecule has 0 saturated carbocycles. The predicted octanol–water partition coefficient (Wildman–Crippen LogP) is 0.554. The Balaban J connectivity index is 3.38. The molecule has 0 saturated heterocycles.